The number of benzene rings is 2. The molecular formula is C21H23N3S. The van der Waals surface area contributed by atoms with E-state index in [2.05, 4.69) is 81.5 Å². The van der Waals surface area contributed by atoms with Crippen LogP contribution >= 0.6 is 11.3 Å². The molecule has 128 valence electrons. The molecule has 0 aliphatic carbocycles. The van der Waals surface area contributed by atoms with Gasteiger partial charge in [-0.2, -0.15) is 5.10 Å². The van der Waals surface area contributed by atoms with Gasteiger partial charge in [-0.25, -0.2) is 9.67 Å². The lowest BCUT2D eigenvalue weighted by Gasteiger charge is -2.03. The van der Waals surface area contributed by atoms with Gasteiger partial charge in [0.25, 0.3) is 0 Å². The van der Waals surface area contributed by atoms with Gasteiger partial charge in [0.2, 0.25) is 4.80 Å². The van der Waals surface area contributed by atoms with Gasteiger partial charge in [0, 0.05) is 5.38 Å². The van der Waals surface area contributed by atoms with Crippen molar-refractivity contribution in [1.29, 1.82) is 0 Å². The minimum absolute atomic E-state index is 0.882. The fourth-order valence-electron chi connectivity index (χ4n) is 2.64. The van der Waals surface area contributed by atoms with Crippen LogP contribution in [0.3, 0.4) is 0 Å². The molecule has 3 rings (SSSR count). The standard InChI is InChI=1S/C21H23N3S/c1-14-7-9-19(17(4)10-14)12-22-24-18(5)13-25-21(24)23-20-11-15(2)6-8-16(20)3/h6-13H,1-5H3. The van der Waals surface area contributed by atoms with Crippen LogP contribution < -0.4 is 4.80 Å². The first-order valence-corrected chi connectivity index (χ1v) is 9.23. The van der Waals surface area contributed by atoms with Crippen LogP contribution in [0.15, 0.2) is 51.9 Å². The quantitative estimate of drug-likeness (QED) is 0.581. The second-order valence-electron chi connectivity index (χ2n) is 6.48. The van der Waals surface area contributed by atoms with Crippen LogP contribution in [-0.4, -0.2) is 10.9 Å². The molecule has 2 aromatic carbocycles. The van der Waals surface area contributed by atoms with Crippen molar-refractivity contribution in [3.05, 3.63) is 80.1 Å². The van der Waals surface area contributed by atoms with Gasteiger partial charge < -0.3 is 0 Å². The van der Waals surface area contributed by atoms with E-state index in [9.17, 15) is 0 Å². The molecule has 0 saturated heterocycles. The molecule has 0 aliphatic rings. The third kappa shape index (κ3) is 3.97. The Morgan fingerprint density at radius 1 is 0.880 bits per heavy atom. The molecule has 0 spiro atoms. The first-order valence-electron chi connectivity index (χ1n) is 8.35. The lowest BCUT2D eigenvalue weighted by molar-refractivity contribution is 0.809. The Morgan fingerprint density at radius 2 is 1.60 bits per heavy atom. The van der Waals surface area contributed by atoms with Crippen LogP contribution in [0.25, 0.3) is 0 Å². The summed E-state index contributed by atoms with van der Waals surface area (Å²) in [7, 11) is 0. The highest BCUT2D eigenvalue weighted by atomic mass is 32.1. The molecule has 0 saturated carbocycles. The van der Waals surface area contributed by atoms with E-state index in [1.807, 2.05) is 10.9 Å². The largest absolute Gasteiger partial charge is 0.219 e. The first-order chi connectivity index (χ1) is 11.9. The molecule has 0 radical (unpaired) electrons. The zero-order chi connectivity index (χ0) is 18.0. The van der Waals surface area contributed by atoms with Crippen molar-refractivity contribution in [2.45, 2.75) is 34.6 Å². The number of aromatic nitrogens is 1. The molecule has 1 aromatic heterocycles. The summed E-state index contributed by atoms with van der Waals surface area (Å²) in [6.45, 7) is 10.4. The molecule has 3 nitrogen and oxygen atoms in total. The lowest BCUT2D eigenvalue weighted by atomic mass is 10.1. The van der Waals surface area contributed by atoms with Crippen molar-refractivity contribution in [2.24, 2.45) is 10.1 Å². The van der Waals surface area contributed by atoms with Crippen molar-refractivity contribution in [2.75, 3.05) is 0 Å². The number of aryl methyl sites for hydroxylation is 5. The predicted octanol–water partition coefficient (Wildman–Crippen LogP) is 5.21. The molecule has 3 aromatic rings. The van der Waals surface area contributed by atoms with E-state index in [1.165, 1.54) is 22.3 Å². The molecule has 0 aliphatic heterocycles. The van der Waals surface area contributed by atoms with Gasteiger partial charge in [-0.3, -0.25) is 0 Å². The Morgan fingerprint density at radius 3 is 2.36 bits per heavy atom. The zero-order valence-corrected chi connectivity index (χ0v) is 16.2. The smallest absolute Gasteiger partial charge is 0.211 e. The maximum absolute atomic E-state index is 4.84. The van der Waals surface area contributed by atoms with Crippen LogP contribution in [-0.2, 0) is 0 Å². The summed E-state index contributed by atoms with van der Waals surface area (Å²) in [6, 6.07) is 12.7. The molecule has 0 amide bonds. The Balaban J connectivity index is 2.04. The van der Waals surface area contributed by atoms with E-state index < -0.39 is 0 Å². The zero-order valence-electron chi connectivity index (χ0n) is 15.4. The Kier molecular flexibility index (Phi) is 5.00. The van der Waals surface area contributed by atoms with E-state index >= 15 is 0 Å². The SMILES string of the molecule is Cc1ccc(C=Nn2c(C)csc2=Nc2cc(C)ccc2C)c(C)c1. The summed E-state index contributed by atoms with van der Waals surface area (Å²) in [5, 5.41) is 6.77. The van der Waals surface area contributed by atoms with Gasteiger partial charge in [0.05, 0.1) is 17.6 Å². The van der Waals surface area contributed by atoms with Crippen LogP contribution in [0, 0.1) is 34.6 Å². The monoisotopic (exact) mass is 349 g/mol. The fourth-order valence-corrected chi connectivity index (χ4v) is 3.45. The van der Waals surface area contributed by atoms with Crippen LogP contribution in [0.2, 0.25) is 0 Å². The predicted molar refractivity (Wildman–Crippen MR) is 107 cm³/mol. The fraction of sp³-hybridized carbons (Fsp3) is 0.238. The number of thiazole rings is 1. The topological polar surface area (TPSA) is 29.6 Å². The Hall–Kier alpha value is -2.46. The van der Waals surface area contributed by atoms with Crippen molar-refractivity contribution in [3.8, 4) is 0 Å². The van der Waals surface area contributed by atoms with Gasteiger partial charge in [-0.05, 0) is 62.9 Å². The highest BCUT2D eigenvalue weighted by Crippen LogP contribution is 2.19. The molecule has 25 heavy (non-hydrogen) atoms. The third-order valence-electron chi connectivity index (χ3n) is 4.17. The van der Waals surface area contributed by atoms with E-state index in [-0.39, 0.29) is 0 Å². The Bertz CT molecular complexity index is 1010. The number of hydrogen-bond acceptors (Lipinski definition) is 3. The number of rotatable bonds is 3. The maximum Gasteiger partial charge on any atom is 0.211 e. The average Bonchev–Trinajstić information content (AvgIpc) is 2.90. The van der Waals surface area contributed by atoms with Crippen molar-refractivity contribution < 1.29 is 0 Å². The van der Waals surface area contributed by atoms with Crippen LogP contribution in [0.1, 0.15) is 33.5 Å². The van der Waals surface area contributed by atoms with Gasteiger partial charge >= 0.3 is 0 Å². The van der Waals surface area contributed by atoms with Crippen LogP contribution in [0.5, 0.6) is 0 Å². The summed E-state index contributed by atoms with van der Waals surface area (Å²) >= 11 is 1.61. The minimum atomic E-state index is 0.882. The molecular weight excluding hydrogens is 326 g/mol. The summed E-state index contributed by atoms with van der Waals surface area (Å²) in [5.41, 5.74) is 8.07. The summed E-state index contributed by atoms with van der Waals surface area (Å²) in [4.78, 5) is 5.72. The molecule has 0 N–H and O–H groups in total. The molecule has 4 heteroatoms. The lowest BCUT2D eigenvalue weighted by Crippen LogP contribution is -2.11. The van der Waals surface area contributed by atoms with Crippen molar-refractivity contribution in [1.82, 2.24) is 4.68 Å². The first kappa shape index (κ1) is 17.4. The minimum Gasteiger partial charge on any atom is -0.219 e. The summed E-state index contributed by atoms with van der Waals surface area (Å²) in [5.74, 6) is 0. The van der Waals surface area contributed by atoms with Gasteiger partial charge in [-0.15, -0.1) is 11.3 Å². The van der Waals surface area contributed by atoms with Crippen LogP contribution in [0.4, 0.5) is 5.69 Å². The summed E-state index contributed by atoms with van der Waals surface area (Å²) < 4.78 is 1.91. The highest BCUT2D eigenvalue weighted by molar-refractivity contribution is 7.07. The molecule has 0 atom stereocenters. The van der Waals surface area contributed by atoms with E-state index in [0.717, 1.165) is 21.7 Å². The summed E-state index contributed by atoms with van der Waals surface area (Å²) in [6.07, 6.45) is 1.91. The third-order valence-corrected chi connectivity index (χ3v) is 5.10. The number of nitrogens with zero attached hydrogens (tertiary/aromatic N) is 3. The molecule has 0 fully saturated rings. The second-order valence-corrected chi connectivity index (χ2v) is 7.31. The van der Waals surface area contributed by atoms with Gasteiger partial charge in [0.15, 0.2) is 0 Å². The van der Waals surface area contributed by atoms with Crippen molar-refractivity contribution >= 4 is 23.2 Å². The van der Waals surface area contributed by atoms with Crippen molar-refractivity contribution in [3.63, 3.8) is 0 Å². The molecule has 0 unspecified atom stereocenters. The second kappa shape index (κ2) is 7.19. The maximum atomic E-state index is 4.84. The highest BCUT2D eigenvalue weighted by Gasteiger charge is 2.03. The Labute approximate surface area is 153 Å². The molecule has 1 heterocycles. The van der Waals surface area contributed by atoms with Gasteiger partial charge in [0.1, 0.15) is 0 Å². The van der Waals surface area contributed by atoms with E-state index in [4.69, 9.17) is 4.99 Å². The number of hydrogen-bond donors (Lipinski definition) is 0. The van der Waals surface area contributed by atoms with Gasteiger partial charge in [-0.1, -0.05) is 35.9 Å². The van der Waals surface area contributed by atoms with E-state index in [0.29, 0.717) is 0 Å². The van der Waals surface area contributed by atoms with E-state index in [1.54, 1.807) is 11.3 Å². The normalized spacial score (nSPS) is 12.3. The average molecular weight is 350 g/mol. The molecule has 0 bridgehead atoms.